The van der Waals surface area contributed by atoms with Gasteiger partial charge in [-0.25, -0.2) is 0 Å². The zero-order chi connectivity index (χ0) is 14.7. The second kappa shape index (κ2) is 6.41. The molecule has 1 aliphatic carbocycles. The summed E-state index contributed by atoms with van der Waals surface area (Å²) >= 11 is 0. The third-order valence-electron chi connectivity index (χ3n) is 3.18. The van der Waals surface area contributed by atoms with Gasteiger partial charge in [-0.15, -0.1) is 0 Å². The molecule has 2 atom stereocenters. The van der Waals surface area contributed by atoms with Crippen LogP contribution in [0, 0.1) is 0 Å². The molecule has 0 heterocycles. The molecule has 0 aromatic rings. The maximum absolute atomic E-state index is 6.25. The first kappa shape index (κ1) is 16.7. The van der Waals surface area contributed by atoms with Crippen LogP contribution < -0.4 is 0 Å². The largest absolute Gasteiger partial charge is 0.370 e. The maximum atomic E-state index is 6.25. The first-order valence-electron chi connectivity index (χ1n) is 7.58. The predicted molar refractivity (Wildman–Crippen MR) is 81.5 cm³/mol. The Morgan fingerprint density at radius 2 is 1.47 bits per heavy atom. The highest BCUT2D eigenvalue weighted by molar-refractivity contribution is 5.02. The molecule has 0 N–H and O–H groups in total. The SMILES string of the molecule is CC1=CCC(OC(C)(C)C)C(OC(C)(C)C)CCC1. The van der Waals surface area contributed by atoms with Gasteiger partial charge < -0.3 is 9.47 Å². The van der Waals surface area contributed by atoms with E-state index < -0.39 is 0 Å². The average Bonchev–Trinajstić information content (AvgIpc) is 2.17. The lowest BCUT2D eigenvalue weighted by molar-refractivity contribution is -0.164. The molecule has 0 aromatic carbocycles. The van der Waals surface area contributed by atoms with E-state index in [4.69, 9.17) is 9.47 Å². The molecule has 0 bridgehead atoms. The molecule has 0 amide bonds. The smallest absolute Gasteiger partial charge is 0.0878 e. The minimum atomic E-state index is -0.120. The van der Waals surface area contributed by atoms with Crippen molar-refractivity contribution in [3.63, 3.8) is 0 Å². The molecule has 0 fully saturated rings. The fraction of sp³-hybridized carbons (Fsp3) is 0.882. The molecular formula is C17H32O2. The molecule has 2 nitrogen and oxygen atoms in total. The van der Waals surface area contributed by atoms with Crippen molar-refractivity contribution in [3.8, 4) is 0 Å². The van der Waals surface area contributed by atoms with Crippen molar-refractivity contribution in [1.29, 1.82) is 0 Å². The Morgan fingerprint density at radius 1 is 0.947 bits per heavy atom. The minimum absolute atomic E-state index is 0.109. The molecule has 0 aromatic heterocycles. The van der Waals surface area contributed by atoms with E-state index >= 15 is 0 Å². The van der Waals surface area contributed by atoms with Crippen LogP contribution >= 0.6 is 0 Å². The Kier molecular flexibility index (Phi) is 5.64. The van der Waals surface area contributed by atoms with Crippen LogP contribution in [0.1, 0.15) is 74.1 Å². The summed E-state index contributed by atoms with van der Waals surface area (Å²) in [4.78, 5) is 0. The summed E-state index contributed by atoms with van der Waals surface area (Å²) < 4.78 is 12.5. The fourth-order valence-corrected chi connectivity index (χ4v) is 2.51. The standard InChI is InChI=1S/C17H32O2/c1-13-9-8-10-14(18-16(2,3)4)15(12-11-13)19-17(5,6)7/h11,14-15H,8-10,12H2,1-7H3. The van der Waals surface area contributed by atoms with E-state index in [2.05, 4.69) is 54.5 Å². The van der Waals surface area contributed by atoms with Gasteiger partial charge in [0.25, 0.3) is 0 Å². The number of hydrogen-bond acceptors (Lipinski definition) is 2. The number of allylic oxidation sites excluding steroid dienone is 1. The van der Waals surface area contributed by atoms with Crippen molar-refractivity contribution in [3.05, 3.63) is 11.6 Å². The van der Waals surface area contributed by atoms with Crippen LogP contribution in [0.15, 0.2) is 11.6 Å². The van der Waals surface area contributed by atoms with E-state index in [0.717, 1.165) is 12.8 Å². The first-order valence-corrected chi connectivity index (χ1v) is 7.58. The van der Waals surface area contributed by atoms with Crippen molar-refractivity contribution in [2.45, 2.75) is 97.6 Å². The Bertz CT molecular complexity index is 304. The van der Waals surface area contributed by atoms with Gasteiger partial charge in [-0.05, 0) is 74.1 Å². The minimum Gasteiger partial charge on any atom is -0.370 e. The highest BCUT2D eigenvalue weighted by Crippen LogP contribution is 2.28. The Balaban J connectivity index is 2.82. The maximum Gasteiger partial charge on any atom is 0.0878 e. The molecule has 1 aliphatic rings. The van der Waals surface area contributed by atoms with Gasteiger partial charge in [0.15, 0.2) is 0 Å². The highest BCUT2D eigenvalue weighted by atomic mass is 16.6. The van der Waals surface area contributed by atoms with Gasteiger partial charge in [0.2, 0.25) is 0 Å². The molecular weight excluding hydrogens is 236 g/mol. The van der Waals surface area contributed by atoms with Crippen LogP contribution in [-0.2, 0) is 9.47 Å². The number of hydrogen-bond donors (Lipinski definition) is 0. The monoisotopic (exact) mass is 268 g/mol. The van der Waals surface area contributed by atoms with Gasteiger partial charge >= 0.3 is 0 Å². The third-order valence-corrected chi connectivity index (χ3v) is 3.18. The van der Waals surface area contributed by atoms with Crippen LogP contribution in [0.2, 0.25) is 0 Å². The summed E-state index contributed by atoms with van der Waals surface area (Å²) in [5.41, 5.74) is 1.25. The number of rotatable bonds is 2. The summed E-state index contributed by atoms with van der Waals surface area (Å²) in [6, 6.07) is 0. The Morgan fingerprint density at radius 3 is 2.00 bits per heavy atom. The second-order valence-corrected chi connectivity index (χ2v) is 7.72. The van der Waals surface area contributed by atoms with Crippen LogP contribution in [0.25, 0.3) is 0 Å². The van der Waals surface area contributed by atoms with Crippen LogP contribution in [0.5, 0.6) is 0 Å². The summed E-state index contributed by atoms with van der Waals surface area (Å²) in [6.07, 6.45) is 7.11. The van der Waals surface area contributed by atoms with Gasteiger partial charge in [0.05, 0.1) is 23.4 Å². The molecule has 0 radical (unpaired) electrons. The lowest BCUT2D eigenvalue weighted by Crippen LogP contribution is -2.41. The molecule has 19 heavy (non-hydrogen) atoms. The van der Waals surface area contributed by atoms with E-state index in [1.54, 1.807) is 0 Å². The molecule has 0 spiro atoms. The fourth-order valence-electron chi connectivity index (χ4n) is 2.51. The van der Waals surface area contributed by atoms with Crippen molar-refractivity contribution in [2.75, 3.05) is 0 Å². The second-order valence-electron chi connectivity index (χ2n) is 7.72. The van der Waals surface area contributed by atoms with Gasteiger partial charge in [-0.1, -0.05) is 11.6 Å². The lowest BCUT2D eigenvalue weighted by Gasteiger charge is -2.37. The van der Waals surface area contributed by atoms with Gasteiger partial charge in [0.1, 0.15) is 0 Å². The normalized spacial score (nSPS) is 26.6. The van der Waals surface area contributed by atoms with Gasteiger partial charge in [-0.2, -0.15) is 0 Å². The van der Waals surface area contributed by atoms with E-state index in [-0.39, 0.29) is 23.4 Å². The highest BCUT2D eigenvalue weighted by Gasteiger charge is 2.30. The zero-order valence-corrected chi connectivity index (χ0v) is 13.9. The van der Waals surface area contributed by atoms with Crippen LogP contribution in [-0.4, -0.2) is 23.4 Å². The predicted octanol–water partition coefficient (Wildman–Crippen LogP) is 4.87. The lowest BCUT2D eigenvalue weighted by atomic mass is 9.95. The van der Waals surface area contributed by atoms with E-state index in [0.29, 0.717) is 0 Å². The molecule has 0 saturated carbocycles. The topological polar surface area (TPSA) is 18.5 Å². The molecule has 2 unspecified atom stereocenters. The van der Waals surface area contributed by atoms with Crippen LogP contribution in [0.4, 0.5) is 0 Å². The van der Waals surface area contributed by atoms with Crippen molar-refractivity contribution in [2.24, 2.45) is 0 Å². The quantitative estimate of drug-likeness (QED) is 0.665. The van der Waals surface area contributed by atoms with E-state index in [1.165, 1.54) is 18.4 Å². The van der Waals surface area contributed by atoms with Gasteiger partial charge in [-0.3, -0.25) is 0 Å². The van der Waals surface area contributed by atoms with Crippen molar-refractivity contribution < 1.29 is 9.47 Å². The Hall–Kier alpha value is -0.340. The van der Waals surface area contributed by atoms with Crippen molar-refractivity contribution in [1.82, 2.24) is 0 Å². The third kappa shape index (κ3) is 7.12. The first-order chi connectivity index (χ1) is 8.57. The zero-order valence-electron chi connectivity index (χ0n) is 13.9. The number of ether oxygens (including phenoxy) is 2. The Labute approximate surface area is 119 Å². The molecule has 0 aliphatic heterocycles. The summed E-state index contributed by atoms with van der Waals surface area (Å²) in [7, 11) is 0. The van der Waals surface area contributed by atoms with E-state index in [1.807, 2.05) is 0 Å². The van der Waals surface area contributed by atoms with Crippen molar-refractivity contribution >= 4 is 0 Å². The summed E-state index contributed by atoms with van der Waals surface area (Å²) in [5.74, 6) is 0. The van der Waals surface area contributed by atoms with Gasteiger partial charge in [0, 0.05) is 0 Å². The molecule has 2 heteroatoms. The average molecular weight is 268 g/mol. The van der Waals surface area contributed by atoms with Crippen LogP contribution in [0.3, 0.4) is 0 Å². The summed E-state index contributed by atoms with van der Waals surface area (Å²) in [6.45, 7) is 15.0. The molecule has 112 valence electrons. The molecule has 1 rings (SSSR count). The van der Waals surface area contributed by atoms with E-state index in [9.17, 15) is 0 Å². The molecule has 0 saturated heterocycles. The summed E-state index contributed by atoms with van der Waals surface area (Å²) in [5, 5.41) is 0.